The molecule has 0 aliphatic rings. The van der Waals surface area contributed by atoms with Crippen molar-refractivity contribution in [3.05, 3.63) is 50.6 Å². The van der Waals surface area contributed by atoms with Gasteiger partial charge in [0, 0.05) is 6.54 Å². The summed E-state index contributed by atoms with van der Waals surface area (Å²) >= 11 is 4.67. The lowest BCUT2D eigenvalue weighted by molar-refractivity contribution is -0.122. The van der Waals surface area contributed by atoms with Gasteiger partial charge in [-0.05, 0) is 65.8 Å². The van der Waals surface area contributed by atoms with E-state index in [1.54, 1.807) is 20.1 Å². The third-order valence-corrected chi connectivity index (χ3v) is 6.36. The van der Waals surface area contributed by atoms with Crippen LogP contribution in [0.2, 0.25) is 0 Å². The summed E-state index contributed by atoms with van der Waals surface area (Å²) in [4.78, 5) is 27.7. The minimum atomic E-state index is -0.633. The summed E-state index contributed by atoms with van der Waals surface area (Å²) in [5.41, 5.74) is 1.08. The van der Waals surface area contributed by atoms with Crippen molar-refractivity contribution >= 4 is 39.1 Å². The molecular formula is C21H28BrN3O3S. The summed E-state index contributed by atoms with van der Waals surface area (Å²) in [6, 6.07) is 10.8. The lowest BCUT2D eigenvalue weighted by Gasteiger charge is -2.31. The molecule has 1 heterocycles. The van der Waals surface area contributed by atoms with Crippen LogP contribution in [0.1, 0.15) is 42.0 Å². The van der Waals surface area contributed by atoms with Crippen LogP contribution in [0, 0.1) is 0 Å². The van der Waals surface area contributed by atoms with Crippen LogP contribution in [0.25, 0.3) is 0 Å². The first kappa shape index (κ1) is 23.4. The number of carbonyl (C=O) groups excluding carboxylic acids is 2. The van der Waals surface area contributed by atoms with Gasteiger partial charge in [0.2, 0.25) is 5.91 Å². The first-order valence-corrected chi connectivity index (χ1v) is 11.2. The molecule has 6 nitrogen and oxygen atoms in total. The van der Waals surface area contributed by atoms with Gasteiger partial charge in [0.05, 0.1) is 21.8 Å². The largest absolute Gasteiger partial charge is 0.497 e. The number of nitrogens with one attached hydrogen (secondary N) is 2. The number of nitrogens with zero attached hydrogens (tertiary/aromatic N) is 1. The monoisotopic (exact) mass is 481 g/mol. The Kier molecular flexibility index (Phi) is 9.13. The predicted molar refractivity (Wildman–Crippen MR) is 121 cm³/mol. The second-order valence-corrected chi connectivity index (χ2v) is 9.02. The molecule has 2 aromatic rings. The molecule has 29 heavy (non-hydrogen) atoms. The molecule has 0 aliphatic carbocycles. The number of likely N-dealkylation sites (N-methyl/N-ethyl adjacent to an activating group) is 1. The van der Waals surface area contributed by atoms with Gasteiger partial charge in [-0.2, -0.15) is 0 Å². The van der Waals surface area contributed by atoms with Gasteiger partial charge in [0.25, 0.3) is 5.91 Å². The third-order valence-electron chi connectivity index (χ3n) is 4.74. The second-order valence-electron chi connectivity index (χ2n) is 6.56. The quantitative estimate of drug-likeness (QED) is 0.540. The Bertz CT molecular complexity index is 823. The molecule has 0 spiro atoms. The first-order valence-electron chi connectivity index (χ1n) is 9.61. The minimum absolute atomic E-state index is 0.0141. The molecule has 0 fully saturated rings. The van der Waals surface area contributed by atoms with Gasteiger partial charge in [0.15, 0.2) is 0 Å². The normalized spacial score (nSPS) is 13.0. The van der Waals surface area contributed by atoms with E-state index >= 15 is 0 Å². The Hall–Kier alpha value is -1.90. The van der Waals surface area contributed by atoms with Crippen LogP contribution in [0.4, 0.5) is 0 Å². The van der Waals surface area contributed by atoms with Crippen LogP contribution in [-0.2, 0) is 4.79 Å². The molecule has 2 atom stereocenters. The fraction of sp³-hybridized carbons (Fsp3) is 0.429. The lowest BCUT2D eigenvalue weighted by atomic mass is 10.0. The van der Waals surface area contributed by atoms with E-state index in [0.717, 1.165) is 28.2 Å². The summed E-state index contributed by atoms with van der Waals surface area (Å²) < 4.78 is 6.22. The average molecular weight is 482 g/mol. The maximum absolute atomic E-state index is 12.6. The zero-order valence-electron chi connectivity index (χ0n) is 17.2. The predicted octanol–water partition coefficient (Wildman–Crippen LogP) is 3.84. The van der Waals surface area contributed by atoms with Crippen LogP contribution in [0.15, 0.2) is 40.2 Å². The summed E-state index contributed by atoms with van der Waals surface area (Å²) in [6.45, 7) is 8.04. The third kappa shape index (κ3) is 6.55. The van der Waals surface area contributed by atoms with Crippen molar-refractivity contribution in [3.63, 3.8) is 0 Å². The Balaban J connectivity index is 2.03. The molecule has 1 aromatic heterocycles. The maximum Gasteiger partial charge on any atom is 0.262 e. The number of hydrogen-bond donors (Lipinski definition) is 2. The van der Waals surface area contributed by atoms with Crippen molar-refractivity contribution in [2.45, 2.75) is 32.9 Å². The number of carbonyl (C=O) groups is 2. The molecule has 8 heteroatoms. The topological polar surface area (TPSA) is 70.7 Å². The number of halogens is 1. The van der Waals surface area contributed by atoms with Crippen LogP contribution >= 0.6 is 27.3 Å². The molecule has 2 rings (SSSR count). The highest BCUT2D eigenvalue weighted by molar-refractivity contribution is 9.11. The summed E-state index contributed by atoms with van der Waals surface area (Å²) in [5.74, 6) is 0.319. The van der Waals surface area contributed by atoms with Crippen molar-refractivity contribution in [1.82, 2.24) is 15.5 Å². The maximum atomic E-state index is 12.6. The van der Waals surface area contributed by atoms with Crippen molar-refractivity contribution in [2.75, 3.05) is 26.7 Å². The zero-order chi connectivity index (χ0) is 21.4. The van der Waals surface area contributed by atoms with E-state index in [0.29, 0.717) is 11.4 Å². The first-order chi connectivity index (χ1) is 13.9. The fourth-order valence-electron chi connectivity index (χ4n) is 3.09. The second kappa shape index (κ2) is 11.3. The van der Waals surface area contributed by atoms with Crippen molar-refractivity contribution in [3.8, 4) is 5.75 Å². The number of methoxy groups -OCH3 is 1. The molecule has 0 radical (unpaired) electrons. The van der Waals surface area contributed by atoms with E-state index in [2.05, 4.69) is 45.3 Å². The van der Waals surface area contributed by atoms with Crippen molar-refractivity contribution in [1.29, 1.82) is 0 Å². The molecule has 2 N–H and O–H groups in total. The van der Waals surface area contributed by atoms with Gasteiger partial charge in [-0.3, -0.25) is 14.5 Å². The van der Waals surface area contributed by atoms with E-state index in [1.807, 2.05) is 30.3 Å². The average Bonchev–Trinajstić information content (AvgIpc) is 3.17. The molecule has 2 amide bonds. The molecule has 0 bridgehead atoms. The molecule has 1 aromatic carbocycles. The van der Waals surface area contributed by atoms with Crippen LogP contribution < -0.4 is 15.4 Å². The highest BCUT2D eigenvalue weighted by Gasteiger charge is 2.22. The summed E-state index contributed by atoms with van der Waals surface area (Å²) in [7, 11) is 1.64. The summed E-state index contributed by atoms with van der Waals surface area (Å²) in [5, 5.41) is 5.74. The number of benzene rings is 1. The van der Waals surface area contributed by atoms with Gasteiger partial charge < -0.3 is 15.4 Å². The standard InChI is InChI=1S/C21H28BrN3O3S/c1-5-25(6-2)17(15-8-7-9-16(12-15)28-4)13-23-20(26)14(3)24-21(27)18-10-11-19(22)29-18/h7-12,14,17H,5-6,13H2,1-4H3,(H,23,26)(H,24,27). The van der Waals surface area contributed by atoms with E-state index in [4.69, 9.17) is 4.74 Å². The SMILES string of the molecule is CCN(CC)C(CNC(=O)C(C)NC(=O)c1ccc(Br)s1)c1cccc(OC)c1. The number of rotatable bonds is 10. The zero-order valence-corrected chi connectivity index (χ0v) is 19.6. The van der Waals surface area contributed by atoms with E-state index in [-0.39, 0.29) is 17.9 Å². The number of thiophene rings is 1. The van der Waals surface area contributed by atoms with Crippen molar-refractivity contribution < 1.29 is 14.3 Å². The van der Waals surface area contributed by atoms with Gasteiger partial charge >= 0.3 is 0 Å². The molecule has 2 unspecified atom stereocenters. The van der Waals surface area contributed by atoms with Crippen LogP contribution in [0.5, 0.6) is 5.75 Å². The molecule has 0 saturated carbocycles. The number of hydrogen-bond acceptors (Lipinski definition) is 5. The van der Waals surface area contributed by atoms with E-state index in [1.165, 1.54) is 11.3 Å². The number of ether oxygens (including phenoxy) is 1. The molecule has 0 aliphatic heterocycles. The highest BCUT2D eigenvalue weighted by Crippen LogP contribution is 2.24. The minimum Gasteiger partial charge on any atom is -0.497 e. The van der Waals surface area contributed by atoms with Crippen LogP contribution in [-0.4, -0.2) is 49.5 Å². The molecule has 158 valence electrons. The highest BCUT2D eigenvalue weighted by atomic mass is 79.9. The Morgan fingerprint density at radius 1 is 1.21 bits per heavy atom. The van der Waals surface area contributed by atoms with Crippen LogP contribution in [0.3, 0.4) is 0 Å². The molecule has 0 saturated heterocycles. The molecular weight excluding hydrogens is 454 g/mol. The Morgan fingerprint density at radius 2 is 1.93 bits per heavy atom. The van der Waals surface area contributed by atoms with E-state index in [9.17, 15) is 9.59 Å². The van der Waals surface area contributed by atoms with E-state index < -0.39 is 6.04 Å². The lowest BCUT2D eigenvalue weighted by Crippen LogP contribution is -2.47. The summed E-state index contributed by atoms with van der Waals surface area (Å²) in [6.07, 6.45) is 0. The fourth-order valence-corrected chi connectivity index (χ4v) is 4.38. The Labute approximate surface area is 184 Å². The Morgan fingerprint density at radius 3 is 2.52 bits per heavy atom. The van der Waals surface area contributed by atoms with Crippen molar-refractivity contribution in [2.24, 2.45) is 0 Å². The van der Waals surface area contributed by atoms with Gasteiger partial charge in [-0.25, -0.2) is 0 Å². The van der Waals surface area contributed by atoms with Gasteiger partial charge in [-0.15, -0.1) is 11.3 Å². The smallest absolute Gasteiger partial charge is 0.262 e. The van der Waals surface area contributed by atoms with Gasteiger partial charge in [0.1, 0.15) is 11.8 Å². The van der Waals surface area contributed by atoms with Gasteiger partial charge in [-0.1, -0.05) is 26.0 Å². The number of amides is 2.